The van der Waals surface area contributed by atoms with E-state index >= 15 is 0 Å². The van der Waals surface area contributed by atoms with Crippen LogP contribution in [0.4, 0.5) is 0 Å². The van der Waals surface area contributed by atoms with Gasteiger partial charge in [0, 0.05) is 50.3 Å². The molecule has 0 bridgehead atoms. The summed E-state index contributed by atoms with van der Waals surface area (Å²) in [6.07, 6.45) is 3.37. The van der Waals surface area contributed by atoms with E-state index in [0.29, 0.717) is 37.6 Å². The largest absolute Gasteiger partial charge is 0.483 e. The number of benzene rings is 1. The summed E-state index contributed by atoms with van der Waals surface area (Å²) in [7, 11) is 1.60. The molecule has 7 heteroatoms. The molecule has 1 aromatic carbocycles. The molecule has 136 valence electrons. The third kappa shape index (κ3) is 4.37. The summed E-state index contributed by atoms with van der Waals surface area (Å²) < 4.78 is 10.6. The number of hydrogen-bond donors (Lipinski definition) is 1. The molecule has 1 aliphatic rings. The zero-order valence-electron chi connectivity index (χ0n) is 14.6. The second kappa shape index (κ2) is 8.44. The summed E-state index contributed by atoms with van der Waals surface area (Å²) in [5.74, 6) is 0.356. The van der Waals surface area contributed by atoms with Gasteiger partial charge in [0.05, 0.1) is 6.61 Å². The van der Waals surface area contributed by atoms with E-state index in [1.54, 1.807) is 42.6 Å². The summed E-state index contributed by atoms with van der Waals surface area (Å²) in [4.78, 5) is 30.2. The number of methoxy groups -OCH3 is 1. The van der Waals surface area contributed by atoms with Crippen molar-refractivity contribution in [2.75, 3.05) is 26.9 Å². The van der Waals surface area contributed by atoms with Gasteiger partial charge in [-0.2, -0.15) is 0 Å². The molecule has 2 aromatic rings. The normalized spacial score (nSPS) is 13.6. The standard InChI is InChI=1S/C19H21N3O4/c1-25-9-8-22-12-16-10-15(2-3-17(16)26-13-18(22)23)19(24)21-11-14-4-6-20-7-5-14/h2-7,10H,8-9,11-13H2,1H3,(H,21,24). The molecule has 1 aromatic heterocycles. The van der Waals surface area contributed by atoms with Gasteiger partial charge in [0.2, 0.25) is 0 Å². The minimum atomic E-state index is -0.177. The summed E-state index contributed by atoms with van der Waals surface area (Å²) in [6.45, 7) is 1.74. The Labute approximate surface area is 151 Å². The number of pyridine rings is 1. The fourth-order valence-corrected chi connectivity index (χ4v) is 2.70. The molecular formula is C19H21N3O4. The topological polar surface area (TPSA) is 80.8 Å². The maximum Gasteiger partial charge on any atom is 0.260 e. The Hall–Kier alpha value is -2.93. The molecule has 1 aliphatic heterocycles. The minimum absolute atomic E-state index is 0.00962. The van der Waals surface area contributed by atoms with Gasteiger partial charge in [-0.3, -0.25) is 14.6 Å². The van der Waals surface area contributed by atoms with Crippen LogP contribution >= 0.6 is 0 Å². The van der Waals surface area contributed by atoms with Crippen LogP contribution in [0.5, 0.6) is 5.75 Å². The molecule has 2 amide bonds. The van der Waals surface area contributed by atoms with Crippen LogP contribution < -0.4 is 10.1 Å². The first-order chi connectivity index (χ1) is 12.7. The van der Waals surface area contributed by atoms with E-state index in [9.17, 15) is 9.59 Å². The SMILES string of the molecule is COCCN1Cc2cc(C(=O)NCc3ccncc3)ccc2OCC1=O. The van der Waals surface area contributed by atoms with Crippen molar-refractivity contribution in [1.82, 2.24) is 15.2 Å². The molecule has 0 saturated heterocycles. The van der Waals surface area contributed by atoms with Gasteiger partial charge in [-0.25, -0.2) is 0 Å². The average Bonchev–Trinajstić information content (AvgIpc) is 2.83. The number of carbonyl (C=O) groups excluding carboxylic acids is 2. The number of rotatable bonds is 6. The van der Waals surface area contributed by atoms with E-state index in [0.717, 1.165) is 11.1 Å². The van der Waals surface area contributed by atoms with Crippen LogP contribution in [-0.2, 0) is 22.6 Å². The fourth-order valence-electron chi connectivity index (χ4n) is 2.70. The van der Waals surface area contributed by atoms with Gasteiger partial charge in [-0.15, -0.1) is 0 Å². The Balaban J connectivity index is 1.71. The quantitative estimate of drug-likeness (QED) is 0.847. The van der Waals surface area contributed by atoms with Crippen molar-refractivity contribution in [2.24, 2.45) is 0 Å². The zero-order chi connectivity index (χ0) is 18.4. The summed E-state index contributed by atoms with van der Waals surface area (Å²) in [6, 6.07) is 8.92. The molecule has 0 saturated carbocycles. The average molecular weight is 355 g/mol. The van der Waals surface area contributed by atoms with Crippen molar-refractivity contribution in [3.8, 4) is 5.75 Å². The number of hydrogen-bond acceptors (Lipinski definition) is 5. The number of carbonyl (C=O) groups is 2. The van der Waals surface area contributed by atoms with Crippen LogP contribution in [0.1, 0.15) is 21.5 Å². The molecule has 26 heavy (non-hydrogen) atoms. The van der Waals surface area contributed by atoms with Gasteiger partial charge >= 0.3 is 0 Å². The van der Waals surface area contributed by atoms with Gasteiger partial charge in [-0.05, 0) is 35.9 Å². The Kier molecular flexibility index (Phi) is 5.80. The first kappa shape index (κ1) is 17.9. The minimum Gasteiger partial charge on any atom is -0.483 e. The zero-order valence-corrected chi connectivity index (χ0v) is 14.6. The van der Waals surface area contributed by atoms with Crippen LogP contribution in [0, 0.1) is 0 Å². The van der Waals surface area contributed by atoms with Crippen molar-refractivity contribution >= 4 is 11.8 Å². The predicted octanol–water partition coefficient (Wildman–Crippen LogP) is 1.38. The number of nitrogens with one attached hydrogen (secondary N) is 1. The van der Waals surface area contributed by atoms with Crippen molar-refractivity contribution in [2.45, 2.75) is 13.1 Å². The number of ether oxygens (including phenoxy) is 2. The van der Waals surface area contributed by atoms with E-state index in [1.165, 1.54) is 0 Å². The number of aromatic nitrogens is 1. The Morgan fingerprint density at radius 1 is 1.31 bits per heavy atom. The highest BCUT2D eigenvalue weighted by molar-refractivity contribution is 5.94. The molecule has 2 heterocycles. The molecule has 0 atom stereocenters. The molecule has 7 nitrogen and oxygen atoms in total. The van der Waals surface area contributed by atoms with Crippen LogP contribution in [0.3, 0.4) is 0 Å². The van der Waals surface area contributed by atoms with E-state index in [2.05, 4.69) is 10.3 Å². The summed E-state index contributed by atoms with van der Waals surface area (Å²) >= 11 is 0. The lowest BCUT2D eigenvalue weighted by Crippen LogP contribution is -2.34. The summed E-state index contributed by atoms with van der Waals surface area (Å²) in [5.41, 5.74) is 2.31. The second-order valence-electron chi connectivity index (χ2n) is 5.96. The highest BCUT2D eigenvalue weighted by Crippen LogP contribution is 2.24. The maximum absolute atomic E-state index is 12.4. The van der Waals surface area contributed by atoms with E-state index in [-0.39, 0.29) is 18.4 Å². The fraction of sp³-hybridized carbons (Fsp3) is 0.316. The predicted molar refractivity (Wildman–Crippen MR) is 94.6 cm³/mol. The molecule has 1 N–H and O–H groups in total. The van der Waals surface area contributed by atoms with Gasteiger partial charge in [-0.1, -0.05) is 0 Å². The van der Waals surface area contributed by atoms with Crippen LogP contribution in [0.15, 0.2) is 42.7 Å². The van der Waals surface area contributed by atoms with Crippen LogP contribution in [-0.4, -0.2) is 48.6 Å². The van der Waals surface area contributed by atoms with Crippen molar-refractivity contribution in [1.29, 1.82) is 0 Å². The molecule has 0 fully saturated rings. The molecule has 0 radical (unpaired) electrons. The third-order valence-electron chi connectivity index (χ3n) is 4.16. The van der Waals surface area contributed by atoms with Crippen LogP contribution in [0.2, 0.25) is 0 Å². The van der Waals surface area contributed by atoms with E-state index in [1.807, 2.05) is 12.1 Å². The first-order valence-corrected chi connectivity index (χ1v) is 8.37. The van der Waals surface area contributed by atoms with Gasteiger partial charge in [0.25, 0.3) is 11.8 Å². The second-order valence-corrected chi connectivity index (χ2v) is 5.96. The van der Waals surface area contributed by atoms with Gasteiger partial charge < -0.3 is 19.7 Å². The van der Waals surface area contributed by atoms with E-state index < -0.39 is 0 Å². The van der Waals surface area contributed by atoms with Crippen molar-refractivity contribution in [3.05, 3.63) is 59.4 Å². The smallest absolute Gasteiger partial charge is 0.260 e. The lowest BCUT2D eigenvalue weighted by molar-refractivity contribution is -0.133. The Bertz CT molecular complexity index is 780. The van der Waals surface area contributed by atoms with Crippen molar-refractivity contribution in [3.63, 3.8) is 0 Å². The monoisotopic (exact) mass is 355 g/mol. The van der Waals surface area contributed by atoms with Gasteiger partial charge in [0.1, 0.15) is 5.75 Å². The molecular weight excluding hydrogens is 334 g/mol. The van der Waals surface area contributed by atoms with E-state index in [4.69, 9.17) is 9.47 Å². The number of amides is 2. The lowest BCUT2D eigenvalue weighted by Gasteiger charge is -2.19. The number of fused-ring (bicyclic) bond motifs is 1. The first-order valence-electron chi connectivity index (χ1n) is 8.37. The van der Waals surface area contributed by atoms with Crippen LogP contribution in [0.25, 0.3) is 0 Å². The van der Waals surface area contributed by atoms with Crippen molar-refractivity contribution < 1.29 is 19.1 Å². The maximum atomic E-state index is 12.4. The third-order valence-corrected chi connectivity index (χ3v) is 4.16. The summed E-state index contributed by atoms with van der Waals surface area (Å²) in [5, 5.41) is 2.88. The molecule has 0 spiro atoms. The van der Waals surface area contributed by atoms with Gasteiger partial charge in [0.15, 0.2) is 6.61 Å². The highest BCUT2D eigenvalue weighted by Gasteiger charge is 2.22. The molecule has 0 unspecified atom stereocenters. The lowest BCUT2D eigenvalue weighted by atomic mass is 10.1. The Morgan fingerprint density at radius 2 is 2.12 bits per heavy atom. The Morgan fingerprint density at radius 3 is 2.88 bits per heavy atom. The molecule has 3 rings (SSSR count). The highest BCUT2D eigenvalue weighted by atomic mass is 16.5. The number of nitrogens with zero attached hydrogens (tertiary/aromatic N) is 2. The molecule has 0 aliphatic carbocycles.